The van der Waals surface area contributed by atoms with Gasteiger partial charge in [-0.2, -0.15) is 0 Å². The highest BCUT2D eigenvalue weighted by atomic mass is 19.2. The van der Waals surface area contributed by atoms with Crippen LogP contribution in [0.2, 0.25) is 0 Å². The Bertz CT molecular complexity index is 1210. The van der Waals surface area contributed by atoms with Gasteiger partial charge in [0, 0.05) is 11.8 Å². The molecule has 1 heterocycles. The van der Waals surface area contributed by atoms with Gasteiger partial charge in [-0.25, -0.2) is 22.5 Å². The summed E-state index contributed by atoms with van der Waals surface area (Å²) in [6, 6.07) is 12.6. The fourth-order valence-corrected chi connectivity index (χ4v) is 3.10. The predicted octanol–water partition coefficient (Wildman–Crippen LogP) is 4.64. The lowest BCUT2D eigenvalue weighted by Crippen LogP contribution is -2.32. The van der Waals surface area contributed by atoms with Crippen LogP contribution < -0.4 is 10.2 Å². The number of hydrogen-bond donors (Lipinski definition) is 1. The molecule has 4 rings (SSSR count). The molecule has 3 aromatic carbocycles. The van der Waals surface area contributed by atoms with E-state index in [9.17, 15) is 27.2 Å². The minimum atomic E-state index is -1.15. The van der Waals surface area contributed by atoms with E-state index in [2.05, 4.69) is 5.32 Å². The summed E-state index contributed by atoms with van der Waals surface area (Å²) in [5, 5.41) is 2.64. The van der Waals surface area contributed by atoms with Crippen molar-refractivity contribution >= 4 is 28.8 Å². The number of hydrogen-bond acceptors (Lipinski definition) is 3. The zero-order chi connectivity index (χ0) is 21.4. The van der Waals surface area contributed by atoms with Gasteiger partial charge in [0.2, 0.25) is 0 Å². The van der Waals surface area contributed by atoms with Crippen molar-refractivity contribution in [3.05, 3.63) is 101 Å². The van der Waals surface area contributed by atoms with Crippen molar-refractivity contribution in [3.8, 4) is 0 Å². The lowest BCUT2D eigenvalue weighted by Gasteiger charge is -2.15. The number of carbonyl (C=O) groups excluding carboxylic acids is 2. The Kier molecular flexibility index (Phi) is 4.83. The SMILES string of the molecule is O=C1C(Nc2ccc(F)c(F)c2)=C(c2ccc(F)cc2)C(=O)N1c1cccc(F)c1. The summed E-state index contributed by atoms with van der Waals surface area (Å²) in [5.41, 5.74) is -0.118. The molecule has 1 aliphatic heterocycles. The Balaban J connectivity index is 1.83. The number of rotatable bonds is 4. The summed E-state index contributed by atoms with van der Waals surface area (Å²) in [5.74, 6) is -5.03. The van der Waals surface area contributed by atoms with Crippen molar-refractivity contribution in [1.82, 2.24) is 0 Å². The molecule has 0 saturated carbocycles. The molecule has 2 amide bonds. The van der Waals surface area contributed by atoms with E-state index in [0.29, 0.717) is 0 Å². The molecule has 0 aliphatic carbocycles. The molecule has 0 fully saturated rings. The molecule has 0 atom stereocenters. The van der Waals surface area contributed by atoms with Crippen LogP contribution in [-0.4, -0.2) is 11.8 Å². The van der Waals surface area contributed by atoms with Crippen LogP contribution >= 0.6 is 0 Å². The molecule has 30 heavy (non-hydrogen) atoms. The Morgan fingerprint density at radius 2 is 1.43 bits per heavy atom. The summed E-state index contributed by atoms with van der Waals surface area (Å²) in [4.78, 5) is 26.9. The van der Waals surface area contributed by atoms with Gasteiger partial charge in [0.25, 0.3) is 11.8 Å². The molecule has 0 bridgehead atoms. The van der Waals surface area contributed by atoms with Gasteiger partial charge in [-0.15, -0.1) is 0 Å². The summed E-state index contributed by atoms with van der Waals surface area (Å²) >= 11 is 0. The number of nitrogens with one attached hydrogen (secondary N) is 1. The molecule has 150 valence electrons. The minimum Gasteiger partial charge on any atom is -0.350 e. The van der Waals surface area contributed by atoms with Crippen molar-refractivity contribution in [3.63, 3.8) is 0 Å². The van der Waals surface area contributed by atoms with Crippen LogP contribution in [0.15, 0.2) is 72.4 Å². The Labute approximate surface area is 168 Å². The zero-order valence-electron chi connectivity index (χ0n) is 15.1. The lowest BCUT2D eigenvalue weighted by atomic mass is 10.0. The Morgan fingerprint density at radius 3 is 2.10 bits per heavy atom. The van der Waals surface area contributed by atoms with E-state index < -0.39 is 35.1 Å². The number of nitrogens with zero attached hydrogens (tertiary/aromatic N) is 1. The molecule has 0 unspecified atom stereocenters. The van der Waals surface area contributed by atoms with Gasteiger partial charge in [-0.05, 0) is 48.0 Å². The largest absolute Gasteiger partial charge is 0.350 e. The first-order valence-electron chi connectivity index (χ1n) is 8.72. The van der Waals surface area contributed by atoms with Crippen molar-refractivity contribution in [1.29, 1.82) is 0 Å². The van der Waals surface area contributed by atoms with Gasteiger partial charge in [0.05, 0.1) is 11.3 Å². The number of benzene rings is 3. The molecular formula is C22H12F4N2O2. The van der Waals surface area contributed by atoms with E-state index >= 15 is 0 Å². The standard InChI is InChI=1S/C22H12F4N2O2/c23-13-6-4-12(5-7-13)19-20(27-15-8-9-17(25)18(26)11-15)22(30)28(21(19)29)16-3-1-2-14(24)10-16/h1-11,27H. The van der Waals surface area contributed by atoms with Crippen LogP contribution in [-0.2, 0) is 9.59 Å². The zero-order valence-corrected chi connectivity index (χ0v) is 15.1. The van der Waals surface area contributed by atoms with Crippen molar-refractivity contribution in [2.45, 2.75) is 0 Å². The highest BCUT2D eigenvalue weighted by Gasteiger charge is 2.40. The van der Waals surface area contributed by atoms with Crippen molar-refractivity contribution in [2.24, 2.45) is 0 Å². The van der Waals surface area contributed by atoms with Gasteiger partial charge >= 0.3 is 0 Å². The molecule has 3 aromatic rings. The summed E-state index contributed by atoms with van der Waals surface area (Å²) < 4.78 is 53.9. The highest BCUT2D eigenvalue weighted by Crippen LogP contribution is 2.34. The van der Waals surface area contributed by atoms with Crippen LogP contribution in [0.25, 0.3) is 5.57 Å². The molecule has 4 nitrogen and oxygen atoms in total. The Morgan fingerprint density at radius 1 is 0.700 bits per heavy atom. The first-order valence-corrected chi connectivity index (χ1v) is 8.72. The second kappa shape index (κ2) is 7.47. The molecule has 8 heteroatoms. The van der Waals surface area contributed by atoms with Gasteiger partial charge < -0.3 is 5.32 Å². The van der Waals surface area contributed by atoms with E-state index in [0.717, 1.165) is 41.3 Å². The lowest BCUT2D eigenvalue weighted by molar-refractivity contribution is -0.120. The van der Waals surface area contributed by atoms with E-state index in [1.807, 2.05) is 0 Å². The fraction of sp³-hybridized carbons (Fsp3) is 0. The first kappa shape index (κ1) is 19.4. The maximum absolute atomic E-state index is 13.7. The Hall–Kier alpha value is -3.94. The normalized spacial score (nSPS) is 13.9. The highest BCUT2D eigenvalue weighted by molar-refractivity contribution is 6.46. The van der Waals surface area contributed by atoms with Gasteiger partial charge in [0.15, 0.2) is 11.6 Å². The first-order chi connectivity index (χ1) is 14.3. The van der Waals surface area contributed by atoms with E-state index in [1.54, 1.807) is 0 Å². The van der Waals surface area contributed by atoms with E-state index in [1.165, 1.54) is 30.3 Å². The van der Waals surface area contributed by atoms with Crippen LogP contribution in [0.1, 0.15) is 5.56 Å². The third-order valence-electron chi connectivity index (χ3n) is 4.47. The number of halogens is 4. The van der Waals surface area contributed by atoms with Crippen LogP contribution in [0.3, 0.4) is 0 Å². The summed E-state index contributed by atoms with van der Waals surface area (Å²) in [6.45, 7) is 0. The monoisotopic (exact) mass is 412 g/mol. The number of carbonyl (C=O) groups is 2. The van der Waals surface area contributed by atoms with Crippen molar-refractivity contribution in [2.75, 3.05) is 10.2 Å². The molecule has 0 aromatic heterocycles. The molecule has 0 saturated heterocycles. The second-order valence-corrected chi connectivity index (χ2v) is 6.44. The third kappa shape index (κ3) is 3.43. The van der Waals surface area contributed by atoms with Gasteiger partial charge in [0.1, 0.15) is 17.3 Å². The number of amides is 2. The quantitative estimate of drug-likeness (QED) is 0.502. The smallest absolute Gasteiger partial charge is 0.282 e. The minimum absolute atomic E-state index is 0.00769. The van der Waals surface area contributed by atoms with Crippen molar-refractivity contribution < 1.29 is 27.2 Å². The van der Waals surface area contributed by atoms with Gasteiger partial charge in [-0.1, -0.05) is 18.2 Å². The molecular weight excluding hydrogens is 400 g/mol. The molecule has 1 aliphatic rings. The maximum Gasteiger partial charge on any atom is 0.282 e. The van der Waals surface area contributed by atoms with Crippen LogP contribution in [0.4, 0.5) is 28.9 Å². The van der Waals surface area contributed by atoms with Crippen LogP contribution in [0.5, 0.6) is 0 Å². The molecule has 1 N–H and O–H groups in total. The predicted molar refractivity (Wildman–Crippen MR) is 102 cm³/mol. The van der Waals surface area contributed by atoms with Gasteiger partial charge in [-0.3, -0.25) is 9.59 Å². The molecule has 0 spiro atoms. The number of anilines is 2. The maximum atomic E-state index is 13.7. The summed E-state index contributed by atoms with van der Waals surface area (Å²) in [6.07, 6.45) is 0. The average molecular weight is 412 g/mol. The average Bonchev–Trinajstić information content (AvgIpc) is 2.95. The van der Waals surface area contributed by atoms with E-state index in [4.69, 9.17) is 0 Å². The second-order valence-electron chi connectivity index (χ2n) is 6.44. The topological polar surface area (TPSA) is 49.4 Å². The summed E-state index contributed by atoms with van der Waals surface area (Å²) in [7, 11) is 0. The third-order valence-corrected chi connectivity index (χ3v) is 4.47. The van der Waals surface area contributed by atoms with E-state index in [-0.39, 0.29) is 28.2 Å². The fourth-order valence-electron chi connectivity index (χ4n) is 3.10. The van der Waals surface area contributed by atoms with Crippen LogP contribution in [0, 0.1) is 23.3 Å². The number of imide groups is 1. The molecule has 0 radical (unpaired) electrons.